The number of piperidine rings is 1. The lowest BCUT2D eigenvalue weighted by atomic mass is 9.88. The minimum atomic E-state index is -0.616. The summed E-state index contributed by atoms with van der Waals surface area (Å²) in [4.78, 5) is 14.2. The van der Waals surface area contributed by atoms with Gasteiger partial charge in [-0.15, -0.1) is 0 Å². The van der Waals surface area contributed by atoms with Gasteiger partial charge in [0.15, 0.2) is 11.5 Å². The highest BCUT2D eigenvalue weighted by Crippen LogP contribution is 2.26. The number of benzene rings is 1. The van der Waals surface area contributed by atoms with Crippen LogP contribution in [0.4, 0.5) is 0 Å². The van der Waals surface area contributed by atoms with Crippen molar-refractivity contribution in [3.63, 3.8) is 0 Å². The Hall–Kier alpha value is -1.75. The molecule has 0 saturated carbocycles. The third kappa shape index (κ3) is 3.67. The Morgan fingerprint density at radius 1 is 1.33 bits per heavy atom. The van der Waals surface area contributed by atoms with Gasteiger partial charge in [0.25, 0.3) is 0 Å². The van der Waals surface area contributed by atoms with Gasteiger partial charge in [0.2, 0.25) is 5.91 Å². The Morgan fingerprint density at radius 3 is 2.67 bits per heavy atom. The molecule has 1 heterocycles. The molecule has 1 aromatic rings. The van der Waals surface area contributed by atoms with E-state index in [0.29, 0.717) is 18.3 Å². The van der Waals surface area contributed by atoms with Gasteiger partial charge < -0.3 is 20.8 Å². The molecule has 5 heteroatoms. The lowest BCUT2D eigenvalue weighted by molar-refractivity contribution is -0.134. The number of likely N-dealkylation sites (tertiary alicyclic amines) is 1. The fourth-order valence-electron chi connectivity index (χ4n) is 2.73. The van der Waals surface area contributed by atoms with Crippen LogP contribution in [-0.2, 0) is 11.2 Å². The van der Waals surface area contributed by atoms with Gasteiger partial charge in [0, 0.05) is 13.1 Å². The molecule has 0 aromatic heterocycles. The third-order valence-electron chi connectivity index (χ3n) is 4.46. The number of phenols is 2. The summed E-state index contributed by atoms with van der Waals surface area (Å²) < 4.78 is 0. The smallest absolute Gasteiger partial charge is 0.239 e. The number of nitrogens with two attached hydrogens (primary N) is 1. The molecule has 1 aromatic carbocycles. The summed E-state index contributed by atoms with van der Waals surface area (Å²) in [6, 6.07) is 3.91. The average molecular weight is 292 g/mol. The second-order valence-electron chi connectivity index (χ2n) is 6.16. The van der Waals surface area contributed by atoms with Gasteiger partial charge in [-0.3, -0.25) is 4.79 Å². The molecular weight excluding hydrogens is 268 g/mol. The molecule has 4 N–H and O–H groups in total. The maximum absolute atomic E-state index is 12.4. The zero-order chi connectivity index (χ0) is 15.6. The van der Waals surface area contributed by atoms with Crippen molar-refractivity contribution in [3.05, 3.63) is 23.8 Å². The third-order valence-corrected chi connectivity index (χ3v) is 4.46. The van der Waals surface area contributed by atoms with E-state index in [2.05, 4.69) is 13.8 Å². The highest BCUT2D eigenvalue weighted by Gasteiger charge is 2.28. The van der Waals surface area contributed by atoms with Gasteiger partial charge in [-0.25, -0.2) is 0 Å². The molecule has 1 amide bonds. The molecule has 0 spiro atoms. The van der Waals surface area contributed by atoms with E-state index in [4.69, 9.17) is 5.73 Å². The van der Waals surface area contributed by atoms with Crippen LogP contribution in [0.3, 0.4) is 0 Å². The Morgan fingerprint density at radius 2 is 2.05 bits per heavy atom. The maximum atomic E-state index is 12.4. The Bertz CT molecular complexity index is 518. The Labute approximate surface area is 125 Å². The van der Waals surface area contributed by atoms with Crippen molar-refractivity contribution >= 4 is 5.91 Å². The minimum absolute atomic E-state index is 0.0404. The second-order valence-corrected chi connectivity index (χ2v) is 6.16. The summed E-state index contributed by atoms with van der Waals surface area (Å²) in [5.41, 5.74) is 6.75. The molecule has 0 radical (unpaired) electrons. The molecule has 1 saturated heterocycles. The van der Waals surface area contributed by atoms with Gasteiger partial charge >= 0.3 is 0 Å². The highest BCUT2D eigenvalue weighted by atomic mass is 16.3. The summed E-state index contributed by atoms with van der Waals surface area (Å²) in [5.74, 6) is 0.735. The molecule has 1 aliphatic heterocycles. The highest BCUT2D eigenvalue weighted by molar-refractivity contribution is 5.82. The molecule has 3 atom stereocenters. The van der Waals surface area contributed by atoms with Gasteiger partial charge in [0.1, 0.15) is 0 Å². The zero-order valence-electron chi connectivity index (χ0n) is 12.6. The van der Waals surface area contributed by atoms with E-state index in [1.807, 2.05) is 4.90 Å². The van der Waals surface area contributed by atoms with E-state index in [9.17, 15) is 15.0 Å². The molecule has 1 aliphatic rings. The van der Waals surface area contributed by atoms with Crippen molar-refractivity contribution in [2.24, 2.45) is 17.6 Å². The number of hydrogen-bond acceptors (Lipinski definition) is 4. The van der Waals surface area contributed by atoms with E-state index in [-0.39, 0.29) is 17.4 Å². The summed E-state index contributed by atoms with van der Waals surface area (Å²) in [5, 5.41) is 18.8. The van der Waals surface area contributed by atoms with E-state index >= 15 is 0 Å². The first-order chi connectivity index (χ1) is 9.88. The van der Waals surface area contributed by atoms with Crippen molar-refractivity contribution in [2.45, 2.75) is 32.7 Å². The molecule has 1 fully saturated rings. The SMILES string of the molecule is CC1CCN(C(=O)[C@@H](N)Cc2ccc(O)c(O)c2)CC1C. The zero-order valence-corrected chi connectivity index (χ0v) is 12.6. The van der Waals surface area contributed by atoms with Crippen molar-refractivity contribution < 1.29 is 15.0 Å². The fraction of sp³-hybridized carbons (Fsp3) is 0.562. The van der Waals surface area contributed by atoms with E-state index in [0.717, 1.165) is 25.1 Å². The van der Waals surface area contributed by atoms with Crippen LogP contribution in [-0.4, -0.2) is 40.2 Å². The van der Waals surface area contributed by atoms with Crippen LogP contribution in [0.25, 0.3) is 0 Å². The average Bonchev–Trinajstić information content (AvgIpc) is 2.45. The number of rotatable bonds is 3. The van der Waals surface area contributed by atoms with E-state index in [1.54, 1.807) is 6.07 Å². The monoisotopic (exact) mass is 292 g/mol. The van der Waals surface area contributed by atoms with Gasteiger partial charge in [0.05, 0.1) is 6.04 Å². The first kappa shape index (κ1) is 15.6. The van der Waals surface area contributed by atoms with Gasteiger partial charge in [-0.05, 0) is 42.4 Å². The number of aromatic hydroxyl groups is 2. The van der Waals surface area contributed by atoms with Crippen LogP contribution < -0.4 is 5.73 Å². The second kappa shape index (κ2) is 6.35. The van der Waals surface area contributed by atoms with Crippen LogP contribution in [0, 0.1) is 11.8 Å². The van der Waals surface area contributed by atoms with Crippen molar-refractivity contribution in [1.29, 1.82) is 0 Å². The fourth-order valence-corrected chi connectivity index (χ4v) is 2.73. The summed E-state index contributed by atoms with van der Waals surface area (Å²) in [6.45, 7) is 5.90. The maximum Gasteiger partial charge on any atom is 0.239 e. The normalized spacial score (nSPS) is 23.9. The predicted molar refractivity (Wildman–Crippen MR) is 81.0 cm³/mol. The molecular formula is C16H24N2O3. The minimum Gasteiger partial charge on any atom is -0.504 e. The lowest BCUT2D eigenvalue weighted by Gasteiger charge is -2.36. The molecule has 2 unspecified atom stereocenters. The molecule has 5 nitrogen and oxygen atoms in total. The Kier molecular flexibility index (Phi) is 4.73. The number of phenolic OH excluding ortho intramolecular Hbond substituents is 2. The summed E-state index contributed by atoms with van der Waals surface area (Å²) in [6.07, 6.45) is 1.37. The molecule has 0 bridgehead atoms. The topological polar surface area (TPSA) is 86.8 Å². The standard InChI is InChI=1S/C16H24N2O3/c1-10-5-6-18(9-11(10)2)16(21)13(17)7-12-3-4-14(19)15(20)8-12/h3-4,8,10-11,13,19-20H,5-7,9,17H2,1-2H3/t10?,11?,13-/m0/s1. The van der Waals surface area contributed by atoms with Gasteiger partial charge in [-0.1, -0.05) is 19.9 Å². The van der Waals surface area contributed by atoms with Crippen LogP contribution >= 0.6 is 0 Å². The number of amides is 1. The summed E-state index contributed by atoms with van der Waals surface area (Å²) in [7, 11) is 0. The van der Waals surface area contributed by atoms with E-state index < -0.39 is 6.04 Å². The molecule has 21 heavy (non-hydrogen) atoms. The Balaban J connectivity index is 1.97. The number of nitrogens with zero attached hydrogens (tertiary/aromatic N) is 1. The van der Waals surface area contributed by atoms with Crippen molar-refractivity contribution in [3.8, 4) is 11.5 Å². The molecule has 0 aliphatic carbocycles. The van der Waals surface area contributed by atoms with Crippen LogP contribution in [0.2, 0.25) is 0 Å². The first-order valence-corrected chi connectivity index (χ1v) is 7.43. The van der Waals surface area contributed by atoms with Crippen molar-refractivity contribution in [1.82, 2.24) is 4.90 Å². The first-order valence-electron chi connectivity index (χ1n) is 7.43. The van der Waals surface area contributed by atoms with Crippen LogP contribution in [0.15, 0.2) is 18.2 Å². The van der Waals surface area contributed by atoms with Gasteiger partial charge in [-0.2, -0.15) is 0 Å². The number of carbonyl (C=O) groups excluding carboxylic acids is 1. The molecule has 2 rings (SSSR count). The predicted octanol–water partition coefficient (Wildman–Crippen LogP) is 1.47. The van der Waals surface area contributed by atoms with Crippen LogP contribution in [0.1, 0.15) is 25.8 Å². The summed E-state index contributed by atoms with van der Waals surface area (Å²) >= 11 is 0. The number of hydrogen-bond donors (Lipinski definition) is 3. The van der Waals surface area contributed by atoms with Crippen molar-refractivity contribution in [2.75, 3.05) is 13.1 Å². The molecule has 116 valence electrons. The number of carbonyl (C=O) groups is 1. The lowest BCUT2D eigenvalue weighted by Crippen LogP contribution is -2.49. The largest absolute Gasteiger partial charge is 0.504 e. The van der Waals surface area contributed by atoms with E-state index in [1.165, 1.54) is 12.1 Å². The quantitative estimate of drug-likeness (QED) is 0.736. The van der Waals surface area contributed by atoms with Crippen LogP contribution in [0.5, 0.6) is 11.5 Å².